The summed E-state index contributed by atoms with van der Waals surface area (Å²) >= 11 is 1.53. The van der Waals surface area contributed by atoms with Crippen molar-refractivity contribution in [1.82, 2.24) is 0 Å². The molecule has 0 unspecified atom stereocenters. The molecular formula is C9H12O2S. The van der Waals surface area contributed by atoms with Gasteiger partial charge in [-0.25, -0.2) is 4.79 Å². The number of thiophene rings is 1. The molecule has 1 aromatic rings. The second-order valence-electron chi connectivity index (χ2n) is 3.16. The van der Waals surface area contributed by atoms with Gasteiger partial charge in [0, 0.05) is 4.88 Å². The second-order valence-corrected chi connectivity index (χ2v) is 4.16. The lowest BCUT2D eigenvalue weighted by Gasteiger charge is -2.02. The minimum Gasteiger partial charge on any atom is -0.478 e. The number of hydrogen-bond donors (Lipinski definition) is 1. The van der Waals surface area contributed by atoms with E-state index in [1.54, 1.807) is 6.07 Å². The van der Waals surface area contributed by atoms with Crippen LogP contribution in [0.2, 0.25) is 0 Å². The van der Waals surface area contributed by atoms with Gasteiger partial charge in [-0.3, -0.25) is 0 Å². The molecule has 0 spiro atoms. The molecule has 0 bridgehead atoms. The first-order valence-electron chi connectivity index (χ1n) is 3.91. The Kier molecular flexibility index (Phi) is 2.87. The molecule has 0 aliphatic rings. The summed E-state index contributed by atoms with van der Waals surface area (Å²) in [7, 11) is 0. The summed E-state index contributed by atoms with van der Waals surface area (Å²) in [6.45, 7) is 4.18. The summed E-state index contributed by atoms with van der Waals surface area (Å²) in [5.74, 6) is -0.298. The number of carbonyl (C=O) groups is 1. The van der Waals surface area contributed by atoms with E-state index in [1.807, 2.05) is 5.38 Å². The van der Waals surface area contributed by atoms with E-state index >= 15 is 0 Å². The van der Waals surface area contributed by atoms with Crippen molar-refractivity contribution in [3.05, 3.63) is 21.9 Å². The maximum atomic E-state index is 10.7. The average Bonchev–Trinajstić information content (AvgIpc) is 2.33. The molecule has 0 aliphatic carbocycles. The molecule has 0 saturated heterocycles. The lowest BCUT2D eigenvalue weighted by atomic mass is 10.1. The van der Waals surface area contributed by atoms with Gasteiger partial charge in [-0.05, 0) is 23.8 Å². The first kappa shape index (κ1) is 9.26. The van der Waals surface area contributed by atoms with Crippen LogP contribution in [0.5, 0.6) is 0 Å². The largest absolute Gasteiger partial charge is 0.478 e. The maximum Gasteiger partial charge on any atom is 0.336 e. The Labute approximate surface area is 75.9 Å². The molecule has 1 N–H and O–H groups in total. The zero-order chi connectivity index (χ0) is 9.14. The Morgan fingerprint density at radius 1 is 1.67 bits per heavy atom. The molecule has 66 valence electrons. The maximum absolute atomic E-state index is 10.7. The van der Waals surface area contributed by atoms with Gasteiger partial charge < -0.3 is 5.11 Å². The molecule has 0 atom stereocenters. The third kappa shape index (κ3) is 2.08. The van der Waals surface area contributed by atoms with E-state index in [0.29, 0.717) is 11.5 Å². The Bertz CT molecular complexity index is 276. The topological polar surface area (TPSA) is 37.3 Å². The minimum absolute atomic E-state index is 0.466. The second kappa shape index (κ2) is 3.72. The number of rotatable bonds is 3. The van der Waals surface area contributed by atoms with Crippen LogP contribution in [0.25, 0.3) is 0 Å². The van der Waals surface area contributed by atoms with Gasteiger partial charge in [0.25, 0.3) is 0 Å². The first-order chi connectivity index (χ1) is 5.61. The molecule has 0 amide bonds. The molecule has 0 fully saturated rings. The first-order valence-corrected chi connectivity index (χ1v) is 4.79. The Balaban J connectivity index is 2.84. The normalized spacial score (nSPS) is 10.6. The fourth-order valence-electron chi connectivity index (χ4n) is 1.06. The summed E-state index contributed by atoms with van der Waals surface area (Å²) in [5.41, 5.74) is 0.466. The van der Waals surface area contributed by atoms with Crippen molar-refractivity contribution in [3.8, 4) is 0 Å². The summed E-state index contributed by atoms with van der Waals surface area (Å²) in [6.07, 6.45) is 0.860. The van der Waals surface area contributed by atoms with Gasteiger partial charge in [0.1, 0.15) is 0 Å². The van der Waals surface area contributed by atoms with Crippen LogP contribution in [0.3, 0.4) is 0 Å². The fourth-order valence-corrected chi connectivity index (χ4v) is 2.14. The van der Waals surface area contributed by atoms with Gasteiger partial charge in [-0.1, -0.05) is 13.8 Å². The van der Waals surface area contributed by atoms with E-state index in [1.165, 1.54) is 11.3 Å². The number of carboxylic acids is 1. The van der Waals surface area contributed by atoms with E-state index in [9.17, 15) is 4.79 Å². The van der Waals surface area contributed by atoms with Gasteiger partial charge >= 0.3 is 5.97 Å². The molecule has 0 aliphatic heterocycles. The molecule has 0 saturated carbocycles. The van der Waals surface area contributed by atoms with Crippen LogP contribution in [0.15, 0.2) is 11.4 Å². The Morgan fingerprint density at radius 2 is 2.33 bits per heavy atom. The van der Waals surface area contributed by atoms with Gasteiger partial charge in [0.15, 0.2) is 0 Å². The standard InChI is InChI=1S/C9H12O2S/c1-6(2)5-8-7(9(10)11)3-4-12-8/h3-4,6H,5H2,1-2H3,(H,10,11). The zero-order valence-corrected chi connectivity index (χ0v) is 8.02. The molecule has 0 aromatic carbocycles. The lowest BCUT2D eigenvalue weighted by Crippen LogP contribution is -2.00. The van der Waals surface area contributed by atoms with Crippen LogP contribution < -0.4 is 0 Å². The van der Waals surface area contributed by atoms with Crippen LogP contribution in [-0.4, -0.2) is 11.1 Å². The van der Waals surface area contributed by atoms with E-state index in [2.05, 4.69) is 13.8 Å². The van der Waals surface area contributed by atoms with Crippen LogP contribution in [0.4, 0.5) is 0 Å². The monoisotopic (exact) mass is 184 g/mol. The van der Waals surface area contributed by atoms with Gasteiger partial charge in [0.2, 0.25) is 0 Å². The van der Waals surface area contributed by atoms with Crippen LogP contribution >= 0.6 is 11.3 Å². The lowest BCUT2D eigenvalue weighted by molar-refractivity contribution is 0.0696. The van der Waals surface area contributed by atoms with Crippen molar-refractivity contribution in [2.24, 2.45) is 5.92 Å². The summed E-state index contributed by atoms with van der Waals surface area (Å²) in [4.78, 5) is 11.7. The van der Waals surface area contributed by atoms with Crippen molar-refractivity contribution in [1.29, 1.82) is 0 Å². The van der Waals surface area contributed by atoms with E-state index in [4.69, 9.17) is 5.11 Å². The highest BCUT2D eigenvalue weighted by atomic mass is 32.1. The van der Waals surface area contributed by atoms with Crippen molar-refractivity contribution in [2.45, 2.75) is 20.3 Å². The van der Waals surface area contributed by atoms with Gasteiger partial charge in [-0.2, -0.15) is 0 Å². The molecule has 1 aromatic heterocycles. The van der Waals surface area contributed by atoms with Crippen molar-refractivity contribution < 1.29 is 9.90 Å². The number of aromatic carboxylic acids is 1. The molecular weight excluding hydrogens is 172 g/mol. The van der Waals surface area contributed by atoms with Crippen LogP contribution in [0.1, 0.15) is 29.1 Å². The van der Waals surface area contributed by atoms with Gasteiger partial charge in [0.05, 0.1) is 5.56 Å². The molecule has 1 rings (SSSR count). The smallest absolute Gasteiger partial charge is 0.336 e. The number of hydrogen-bond acceptors (Lipinski definition) is 2. The number of carboxylic acid groups (broad SMARTS) is 1. The Morgan fingerprint density at radius 3 is 2.83 bits per heavy atom. The third-order valence-corrected chi connectivity index (χ3v) is 2.51. The predicted molar refractivity (Wildman–Crippen MR) is 49.8 cm³/mol. The summed E-state index contributed by atoms with van der Waals surface area (Å²) in [6, 6.07) is 1.67. The van der Waals surface area contributed by atoms with E-state index in [0.717, 1.165) is 11.3 Å². The van der Waals surface area contributed by atoms with E-state index in [-0.39, 0.29) is 0 Å². The Hall–Kier alpha value is -0.830. The van der Waals surface area contributed by atoms with Crippen molar-refractivity contribution >= 4 is 17.3 Å². The average molecular weight is 184 g/mol. The van der Waals surface area contributed by atoms with Crippen molar-refractivity contribution in [3.63, 3.8) is 0 Å². The summed E-state index contributed by atoms with van der Waals surface area (Å²) < 4.78 is 0. The molecule has 2 nitrogen and oxygen atoms in total. The molecule has 1 heterocycles. The highest BCUT2D eigenvalue weighted by Crippen LogP contribution is 2.20. The SMILES string of the molecule is CC(C)Cc1sccc1C(=O)O. The highest BCUT2D eigenvalue weighted by Gasteiger charge is 2.11. The van der Waals surface area contributed by atoms with Crippen LogP contribution in [0, 0.1) is 5.92 Å². The third-order valence-electron chi connectivity index (χ3n) is 1.57. The van der Waals surface area contributed by atoms with E-state index < -0.39 is 5.97 Å². The summed E-state index contributed by atoms with van der Waals surface area (Å²) in [5, 5.41) is 10.6. The highest BCUT2D eigenvalue weighted by molar-refractivity contribution is 7.10. The molecule has 12 heavy (non-hydrogen) atoms. The zero-order valence-electron chi connectivity index (χ0n) is 7.20. The van der Waals surface area contributed by atoms with Crippen LogP contribution in [-0.2, 0) is 6.42 Å². The van der Waals surface area contributed by atoms with Crippen molar-refractivity contribution in [2.75, 3.05) is 0 Å². The minimum atomic E-state index is -0.813. The molecule has 3 heteroatoms. The van der Waals surface area contributed by atoms with Gasteiger partial charge in [-0.15, -0.1) is 11.3 Å². The molecule has 0 radical (unpaired) electrons. The quantitative estimate of drug-likeness (QED) is 0.784. The predicted octanol–water partition coefficient (Wildman–Crippen LogP) is 2.64. The fraction of sp³-hybridized carbons (Fsp3) is 0.444.